The highest BCUT2D eigenvalue weighted by atomic mass is 16.2. The van der Waals surface area contributed by atoms with Gasteiger partial charge in [0, 0.05) is 61.5 Å². The highest BCUT2D eigenvalue weighted by Crippen LogP contribution is 2.27. The van der Waals surface area contributed by atoms with Crippen LogP contribution in [-0.2, 0) is 12.8 Å². The van der Waals surface area contributed by atoms with Gasteiger partial charge in [-0.3, -0.25) is 9.59 Å². The van der Waals surface area contributed by atoms with Crippen LogP contribution in [0.25, 0.3) is 0 Å². The predicted molar refractivity (Wildman–Crippen MR) is 125 cm³/mol. The maximum Gasteiger partial charge on any atom is 0.254 e. The molecule has 0 bridgehead atoms. The van der Waals surface area contributed by atoms with E-state index in [1.807, 2.05) is 36.4 Å². The van der Waals surface area contributed by atoms with E-state index in [9.17, 15) is 9.59 Å². The van der Waals surface area contributed by atoms with Gasteiger partial charge >= 0.3 is 0 Å². The van der Waals surface area contributed by atoms with E-state index in [1.54, 1.807) is 0 Å². The van der Waals surface area contributed by atoms with Crippen LogP contribution >= 0.6 is 0 Å². The van der Waals surface area contributed by atoms with Gasteiger partial charge in [0.05, 0.1) is 0 Å². The van der Waals surface area contributed by atoms with Crippen LogP contribution in [0.2, 0.25) is 0 Å². The van der Waals surface area contributed by atoms with Gasteiger partial charge in [-0.05, 0) is 49.9 Å². The zero-order valence-corrected chi connectivity index (χ0v) is 18.9. The predicted octanol–water partition coefficient (Wildman–Crippen LogP) is 2.09. The largest absolute Gasteiger partial charge is 0.330 e. The number of carbonyl (C=O) groups excluding carboxylic acids is 2. The number of piperazine rings is 2. The van der Waals surface area contributed by atoms with Gasteiger partial charge in [0.1, 0.15) is 0 Å². The van der Waals surface area contributed by atoms with E-state index in [2.05, 4.69) is 46.4 Å². The van der Waals surface area contributed by atoms with Crippen molar-refractivity contribution in [1.29, 1.82) is 0 Å². The molecule has 0 unspecified atom stereocenters. The summed E-state index contributed by atoms with van der Waals surface area (Å²) in [4.78, 5) is 28.8. The van der Waals surface area contributed by atoms with Crippen molar-refractivity contribution >= 4 is 11.8 Å². The average Bonchev–Trinajstić information content (AvgIpc) is 2.80. The van der Waals surface area contributed by atoms with Crippen molar-refractivity contribution in [2.24, 2.45) is 0 Å². The third-order valence-corrected chi connectivity index (χ3v) is 7.25. The second kappa shape index (κ2) is 8.68. The van der Waals surface area contributed by atoms with Crippen LogP contribution in [0.1, 0.15) is 45.7 Å². The molecule has 2 aromatic rings. The van der Waals surface area contributed by atoms with Crippen molar-refractivity contribution < 1.29 is 9.59 Å². The number of hydrogen-bond acceptors (Lipinski definition) is 4. The van der Waals surface area contributed by atoms with Gasteiger partial charge in [-0.1, -0.05) is 36.4 Å². The summed E-state index contributed by atoms with van der Waals surface area (Å²) in [6.45, 7) is 7.89. The van der Waals surface area contributed by atoms with Crippen LogP contribution in [0, 0.1) is 0 Å². The van der Waals surface area contributed by atoms with E-state index < -0.39 is 0 Å². The summed E-state index contributed by atoms with van der Waals surface area (Å²) < 4.78 is 0. The second-order valence-electron chi connectivity index (χ2n) is 9.47. The van der Waals surface area contributed by atoms with Crippen molar-refractivity contribution in [3.63, 3.8) is 0 Å². The number of fused-ring (bicyclic) bond motifs is 4. The van der Waals surface area contributed by atoms with E-state index in [4.69, 9.17) is 0 Å². The summed E-state index contributed by atoms with van der Waals surface area (Å²) in [7, 11) is 0. The summed E-state index contributed by atoms with van der Waals surface area (Å²) in [5.74, 6) is 0.418. The van der Waals surface area contributed by atoms with Crippen LogP contribution in [0.4, 0.5) is 0 Å². The van der Waals surface area contributed by atoms with Crippen LogP contribution in [0.3, 0.4) is 0 Å². The first-order valence-corrected chi connectivity index (χ1v) is 11.8. The third-order valence-electron chi connectivity index (χ3n) is 7.25. The van der Waals surface area contributed by atoms with Gasteiger partial charge < -0.3 is 20.4 Å². The minimum Gasteiger partial charge on any atom is -0.330 e. The summed E-state index contributed by atoms with van der Waals surface area (Å²) in [6, 6.07) is 17.3. The molecule has 6 heteroatoms. The highest BCUT2D eigenvalue weighted by molar-refractivity contribution is 5.98. The molecule has 168 valence electrons. The molecule has 0 radical (unpaired) electrons. The Labute approximate surface area is 190 Å². The minimum atomic E-state index is 0.209. The lowest BCUT2D eigenvalue weighted by Crippen LogP contribution is -2.60. The molecule has 2 amide bonds. The summed E-state index contributed by atoms with van der Waals surface area (Å²) in [6.07, 6.45) is 1.97. The monoisotopic (exact) mass is 432 g/mol. The topological polar surface area (TPSA) is 64.7 Å². The van der Waals surface area contributed by atoms with E-state index in [0.29, 0.717) is 24.2 Å². The molecule has 6 rings (SSSR count). The first kappa shape index (κ1) is 21.2. The Morgan fingerprint density at radius 2 is 1.06 bits per heavy atom. The van der Waals surface area contributed by atoms with Crippen molar-refractivity contribution in [3.8, 4) is 0 Å². The molecule has 0 spiro atoms. The van der Waals surface area contributed by atoms with E-state index >= 15 is 0 Å². The molecule has 32 heavy (non-hydrogen) atoms. The molecular formula is C26H32N4O2. The van der Waals surface area contributed by atoms with Crippen LogP contribution < -0.4 is 10.6 Å². The number of nitrogens with one attached hydrogen (secondary N) is 2. The van der Waals surface area contributed by atoms with Gasteiger partial charge in [0.25, 0.3) is 11.8 Å². The lowest BCUT2D eigenvalue weighted by Gasteiger charge is -2.44. The summed E-state index contributed by atoms with van der Waals surface area (Å²) in [5, 5.41) is 6.78. The van der Waals surface area contributed by atoms with Crippen molar-refractivity contribution in [1.82, 2.24) is 20.4 Å². The van der Waals surface area contributed by atoms with E-state index in [0.717, 1.165) is 50.1 Å². The number of hydrogen-bond donors (Lipinski definition) is 2. The Morgan fingerprint density at radius 1 is 0.656 bits per heavy atom. The SMILES string of the molecule is C[C@@H]1CNC[C@@H]2Cc3ccccc3C(=O)N21.C[C@H]1CNC[C@H]2Cc3ccccc3C(=O)N21. The Bertz CT molecular complexity index is 941. The lowest BCUT2D eigenvalue weighted by molar-refractivity contribution is 0.0475. The molecule has 2 fully saturated rings. The molecule has 4 aliphatic rings. The van der Waals surface area contributed by atoms with Gasteiger partial charge in [0.15, 0.2) is 0 Å². The normalized spacial score (nSPS) is 28.6. The Morgan fingerprint density at radius 3 is 1.50 bits per heavy atom. The van der Waals surface area contributed by atoms with Gasteiger partial charge in [-0.15, -0.1) is 0 Å². The third kappa shape index (κ3) is 3.71. The van der Waals surface area contributed by atoms with E-state index in [1.165, 1.54) is 11.1 Å². The van der Waals surface area contributed by atoms with Gasteiger partial charge in [-0.2, -0.15) is 0 Å². The summed E-state index contributed by atoms with van der Waals surface area (Å²) in [5.41, 5.74) is 4.19. The molecule has 4 aliphatic heterocycles. The minimum absolute atomic E-state index is 0.209. The quantitative estimate of drug-likeness (QED) is 0.669. The molecule has 2 aromatic carbocycles. The fourth-order valence-electron chi connectivity index (χ4n) is 5.70. The van der Waals surface area contributed by atoms with Crippen LogP contribution in [-0.4, -0.2) is 72.0 Å². The zero-order valence-electron chi connectivity index (χ0n) is 18.9. The number of nitrogens with zero attached hydrogens (tertiary/aromatic N) is 2. The van der Waals surface area contributed by atoms with Crippen LogP contribution in [0.5, 0.6) is 0 Å². The standard InChI is InChI=1S/2C13H16N2O/c2*1-9-7-14-8-11-6-10-4-2-3-5-12(10)13(16)15(9)11/h2*2-5,9,11,14H,6-8H2,1H3/t2*9-,11+/m10/s1. The Kier molecular flexibility index (Phi) is 5.74. The first-order chi connectivity index (χ1) is 15.5. The molecule has 6 nitrogen and oxygen atoms in total. The molecule has 2 N–H and O–H groups in total. The van der Waals surface area contributed by atoms with Crippen molar-refractivity contribution in [3.05, 3.63) is 70.8 Å². The molecule has 4 atom stereocenters. The van der Waals surface area contributed by atoms with Gasteiger partial charge in [-0.25, -0.2) is 0 Å². The maximum absolute atomic E-state index is 12.4. The summed E-state index contributed by atoms with van der Waals surface area (Å²) >= 11 is 0. The zero-order chi connectivity index (χ0) is 22.2. The Balaban J connectivity index is 0.000000135. The Hall–Kier alpha value is -2.70. The molecule has 0 aromatic heterocycles. The van der Waals surface area contributed by atoms with Crippen molar-refractivity contribution in [2.45, 2.75) is 50.9 Å². The van der Waals surface area contributed by atoms with Crippen LogP contribution in [0.15, 0.2) is 48.5 Å². The fraction of sp³-hybridized carbons (Fsp3) is 0.462. The molecule has 2 saturated heterocycles. The number of carbonyl (C=O) groups is 2. The smallest absolute Gasteiger partial charge is 0.254 e. The molecule has 0 aliphatic carbocycles. The molecule has 0 saturated carbocycles. The average molecular weight is 433 g/mol. The number of benzene rings is 2. The number of amides is 2. The van der Waals surface area contributed by atoms with E-state index in [-0.39, 0.29) is 11.8 Å². The molecular weight excluding hydrogens is 400 g/mol. The molecule has 4 heterocycles. The number of rotatable bonds is 0. The van der Waals surface area contributed by atoms with Crippen molar-refractivity contribution in [2.75, 3.05) is 26.2 Å². The fourth-order valence-corrected chi connectivity index (χ4v) is 5.70. The first-order valence-electron chi connectivity index (χ1n) is 11.8. The maximum atomic E-state index is 12.4. The van der Waals surface area contributed by atoms with Gasteiger partial charge in [0.2, 0.25) is 0 Å². The lowest BCUT2D eigenvalue weighted by atomic mass is 9.90. The second-order valence-corrected chi connectivity index (χ2v) is 9.47. The highest BCUT2D eigenvalue weighted by Gasteiger charge is 2.38.